The Hall–Kier alpha value is -3.12. The van der Waals surface area contributed by atoms with E-state index in [1.807, 2.05) is 50.4 Å². The van der Waals surface area contributed by atoms with Gasteiger partial charge in [0, 0.05) is 29.3 Å². The Kier molecular flexibility index (Phi) is 6.09. The third kappa shape index (κ3) is 4.49. The lowest BCUT2D eigenvalue weighted by Crippen LogP contribution is -2.41. The lowest BCUT2D eigenvalue weighted by Gasteiger charge is -2.30. The van der Waals surface area contributed by atoms with E-state index >= 15 is 0 Å². The molecule has 4 rings (SSSR count). The van der Waals surface area contributed by atoms with E-state index in [1.165, 1.54) is 16.1 Å². The van der Waals surface area contributed by atoms with E-state index in [1.54, 1.807) is 11.3 Å². The molecule has 6 heteroatoms. The molecule has 2 aromatic carbocycles. The fraction of sp³-hybridized carbons (Fsp3) is 0.280. The summed E-state index contributed by atoms with van der Waals surface area (Å²) in [7, 11) is 0. The molecule has 5 nitrogen and oxygen atoms in total. The van der Waals surface area contributed by atoms with Crippen molar-refractivity contribution in [1.82, 2.24) is 5.32 Å². The first-order valence-electron chi connectivity index (χ1n) is 10.5. The third-order valence-corrected chi connectivity index (χ3v) is 6.72. The number of amides is 2. The Morgan fingerprint density at radius 3 is 2.48 bits per heavy atom. The first kappa shape index (κ1) is 21.1. The number of anilines is 2. The minimum atomic E-state index is -0.637. The van der Waals surface area contributed by atoms with Crippen LogP contribution < -0.4 is 15.5 Å². The Labute approximate surface area is 187 Å². The van der Waals surface area contributed by atoms with Crippen molar-refractivity contribution in [2.45, 2.75) is 33.2 Å². The fourth-order valence-corrected chi connectivity index (χ4v) is 5.19. The summed E-state index contributed by atoms with van der Waals surface area (Å²) in [5, 5.41) is 7.69. The van der Waals surface area contributed by atoms with Crippen molar-refractivity contribution in [2.24, 2.45) is 0 Å². The van der Waals surface area contributed by atoms with Gasteiger partial charge in [0.15, 0.2) is 0 Å². The molecule has 0 saturated carbocycles. The molecule has 1 atom stereocenters. The van der Waals surface area contributed by atoms with E-state index in [2.05, 4.69) is 39.8 Å². The molecule has 160 valence electrons. The summed E-state index contributed by atoms with van der Waals surface area (Å²) in [6.45, 7) is 7.15. The second-order valence-corrected chi connectivity index (χ2v) is 9.02. The zero-order valence-corrected chi connectivity index (χ0v) is 18.9. The molecule has 2 amide bonds. The first-order chi connectivity index (χ1) is 14.9. The van der Waals surface area contributed by atoms with Gasteiger partial charge in [-0.15, -0.1) is 11.3 Å². The highest BCUT2D eigenvalue weighted by atomic mass is 32.1. The molecule has 0 fully saturated rings. The number of aryl methyl sites for hydroxylation is 3. The van der Waals surface area contributed by atoms with Crippen molar-refractivity contribution in [3.63, 3.8) is 0 Å². The number of hydrogen-bond donors (Lipinski definition) is 2. The standard InChI is InChI=1S/C25H27N3O2S/c1-16-13-17(2)23(18(3)14-16)27-25(30)24(29)26-15-21(22-9-6-12-31-22)28-11-10-19-7-4-5-8-20(19)28/h4-9,12-14,21H,10-11,15H2,1-3H3,(H,26,29)(H,27,30)/t21-/m1/s1. The predicted octanol–water partition coefficient (Wildman–Crippen LogP) is 4.53. The number of carbonyl (C=O) groups excluding carboxylic acids is 2. The predicted molar refractivity (Wildman–Crippen MR) is 127 cm³/mol. The second-order valence-electron chi connectivity index (χ2n) is 8.04. The molecule has 2 N–H and O–H groups in total. The number of para-hydroxylation sites is 1. The number of nitrogens with zero attached hydrogens (tertiary/aromatic N) is 1. The Balaban J connectivity index is 1.47. The zero-order chi connectivity index (χ0) is 22.0. The van der Waals surface area contributed by atoms with Crippen LogP contribution in [0.2, 0.25) is 0 Å². The Bertz CT molecular complexity index is 1080. The average Bonchev–Trinajstić information content (AvgIpc) is 3.41. The minimum Gasteiger partial charge on any atom is -0.361 e. The van der Waals surface area contributed by atoms with Crippen molar-refractivity contribution in [1.29, 1.82) is 0 Å². The molecule has 0 spiro atoms. The number of nitrogens with one attached hydrogen (secondary N) is 2. The highest BCUT2D eigenvalue weighted by Gasteiger charge is 2.28. The van der Waals surface area contributed by atoms with Crippen LogP contribution in [-0.2, 0) is 16.0 Å². The largest absolute Gasteiger partial charge is 0.361 e. The highest BCUT2D eigenvalue weighted by Crippen LogP contribution is 2.36. The van der Waals surface area contributed by atoms with Gasteiger partial charge >= 0.3 is 11.8 Å². The highest BCUT2D eigenvalue weighted by molar-refractivity contribution is 7.10. The van der Waals surface area contributed by atoms with Crippen LogP contribution in [0.1, 0.15) is 33.2 Å². The van der Waals surface area contributed by atoms with Gasteiger partial charge < -0.3 is 15.5 Å². The molecule has 2 heterocycles. The van der Waals surface area contributed by atoms with Crippen LogP contribution in [-0.4, -0.2) is 24.9 Å². The molecule has 0 saturated heterocycles. The van der Waals surface area contributed by atoms with Crippen molar-refractivity contribution < 1.29 is 9.59 Å². The van der Waals surface area contributed by atoms with Crippen LogP contribution in [0.25, 0.3) is 0 Å². The normalized spacial score (nSPS) is 13.6. The number of rotatable bonds is 5. The summed E-state index contributed by atoms with van der Waals surface area (Å²) < 4.78 is 0. The van der Waals surface area contributed by atoms with E-state index in [0.717, 1.165) is 29.7 Å². The van der Waals surface area contributed by atoms with Gasteiger partial charge in [-0.05, 0) is 61.4 Å². The molecular formula is C25H27N3O2S. The van der Waals surface area contributed by atoms with Crippen LogP contribution in [0.3, 0.4) is 0 Å². The molecular weight excluding hydrogens is 406 g/mol. The van der Waals surface area contributed by atoms with E-state index in [-0.39, 0.29) is 6.04 Å². The second kappa shape index (κ2) is 8.94. The SMILES string of the molecule is Cc1cc(C)c(NC(=O)C(=O)NC[C@H](c2cccs2)N2CCc3ccccc32)c(C)c1. The summed E-state index contributed by atoms with van der Waals surface area (Å²) in [5.74, 6) is -1.25. The molecule has 3 aromatic rings. The molecule has 0 unspecified atom stereocenters. The van der Waals surface area contributed by atoms with E-state index in [4.69, 9.17) is 0 Å². The molecule has 1 aromatic heterocycles. The van der Waals surface area contributed by atoms with Gasteiger partial charge in [0.05, 0.1) is 6.04 Å². The first-order valence-corrected chi connectivity index (χ1v) is 11.4. The third-order valence-electron chi connectivity index (χ3n) is 5.75. The smallest absolute Gasteiger partial charge is 0.313 e. The van der Waals surface area contributed by atoms with Crippen molar-refractivity contribution in [3.8, 4) is 0 Å². The van der Waals surface area contributed by atoms with E-state index in [0.29, 0.717) is 12.2 Å². The maximum Gasteiger partial charge on any atom is 0.313 e. The molecule has 1 aliphatic rings. The maximum absolute atomic E-state index is 12.6. The van der Waals surface area contributed by atoms with Crippen LogP contribution in [0.15, 0.2) is 53.9 Å². The molecule has 0 bridgehead atoms. The summed E-state index contributed by atoms with van der Waals surface area (Å²) in [4.78, 5) is 28.7. The molecule has 0 radical (unpaired) electrons. The van der Waals surface area contributed by atoms with Crippen molar-refractivity contribution >= 4 is 34.5 Å². The van der Waals surface area contributed by atoms with E-state index < -0.39 is 11.8 Å². The van der Waals surface area contributed by atoms with Crippen LogP contribution in [0, 0.1) is 20.8 Å². The maximum atomic E-state index is 12.6. The lowest BCUT2D eigenvalue weighted by atomic mass is 10.1. The summed E-state index contributed by atoms with van der Waals surface area (Å²) in [5.41, 5.74) is 6.24. The van der Waals surface area contributed by atoms with Crippen molar-refractivity contribution in [2.75, 3.05) is 23.3 Å². The van der Waals surface area contributed by atoms with Gasteiger partial charge in [-0.25, -0.2) is 0 Å². The van der Waals surface area contributed by atoms with Crippen LogP contribution >= 0.6 is 11.3 Å². The fourth-order valence-electron chi connectivity index (χ4n) is 4.35. The number of fused-ring (bicyclic) bond motifs is 1. The van der Waals surface area contributed by atoms with Gasteiger partial charge in [-0.1, -0.05) is 42.0 Å². The zero-order valence-electron chi connectivity index (χ0n) is 18.1. The molecule has 1 aliphatic heterocycles. The summed E-state index contributed by atoms with van der Waals surface area (Å²) in [6, 6.07) is 16.5. The molecule has 31 heavy (non-hydrogen) atoms. The minimum absolute atomic E-state index is 0.0109. The van der Waals surface area contributed by atoms with Gasteiger partial charge in [0.2, 0.25) is 0 Å². The number of thiophene rings is 1. The number of carbonyl (C=O) groups is 2. The van der Waals surface area contributed by atoms with E-state index in [9.17, 15) is 9.59 Å². The number of benzene rings is 2. The average molecular weight is 434 g/mol. The Morgan fingerprint density at radius 2 is 1.77 bits per heavy atom. The quantitative estimate of drug-likeness (QED) is 0.581. The van der Waals surface area contributed by atoms with Gasteiger partial charge in [-0.2, -0.15) is 0 Å². The molecule has 0 aliphatic carbocycles. The summed E-state index contributed by atoms with van der Waals surface area (Å²) in [6.07, 6.45) is 0.985. The lowest BCUT2D eigenvalue weighted by molar-refractivity contribution is -0.136. The van der Waals surface area contributed by atoms with Crippen LogP contribution in [0.4, 0.5) is 11.4 Å². The topological polar surface area (TPSA) is 61.4 Å². The van der Waals surface area contributed by atoms with Crippen LogP contribution in [0.5, 0.6) is 0 Å². The van der Waals surface area contributed by atoms with Gasteiger partial charge in [-0.3, -0.25) is 9.59 Å². The van der Waals surface area contributed by atoms with Gasteiger partial charge in [0.25, 0.3) is 0 Å². The monoisotopic (exact) mass is 433 g/mol. The van der Waals surface area contributed by atoms with Crippen molar-refractivity contribution in [3.05, 3.63) is 81.0 Å². The summed E-state index contributed by atoms with van der Waals surface area (Å²) >= 11 is 1.67. The van der Waals surface area contributed by atoms with Gasteiger partial charge in [0.1, 0.15) is 0 Å². The number of hydrogen-bond acceptors (Lipinski definition) is 4. The Morgan fingerprint density at radius 1 is 1.03 bits per heavy atom.